The lowest BCUT2D eigenvalue weighted by Gasteiger charge is -2.24. The van der Waals surface area contributed by atoms with Gasteiger partial charge in [0.1, 0.15) is 5.75 Å². The molecule has 75 valence electrons. The molecule has 1 heterocycles. The number of hydrogen-bond acceptors (Lipinski definition) is 3. The summed E-state index contributed by atoms with van der Waals surface area (Å²) in [4.78, 5) is 10.5. The molecule has 13 heavy (non-hydrogen) atoms. The van der Waals surface area contributed by atoms with E-state index in [0.717, 1.165) is 12.8 Å². The lowest BCUT2D eigenvalue weighted by atomic mass is 10.2. The highest BCUT2D eigenvalue weighted by molar-refractivity contribution is 7.89. The average Bonchev–Trinajstić information content (AvgIpc) is 2.04. The summed E-state index contributed by atoms with van der Waals surface area (Å²) in [6, 6.07) is 0. The van der Waals surface area contributed by atoms with Gasteiger partial charge in [-0.1, -0.05) is 0 Å². The monoisotopic (exact) mass is 205 g/mol. The number of nitrogens with two attached hydrogens (primary N) is 1. The second-order valence-corrected chi connectivity index (χ2v) is 4.96. The van der Waals surface area contributed by atoms with Gasteiger partial charge in [0.15, 0.2) is 0 Å². The summed E-state index contributed by atoms with van der Waals surface area (Å²) in [6.45, 7) is 0.936. The second kappa shape index (κ2) is 4.06. The number of rotatable bonds is 3. The van der Waals surface area contributed by atoms with Gasteiger partial charge in [-0.15, -0.1) is 0 Å². The third-order valence-electron chi connectivity index (χ3n) is 1.88. The molecular formula is C7H13N2O3S. The minimum Gasteiger partial charge on any atom is -0.369 e. The number of nitrogens with zero attached hydrogens (tertiary/aromatic N) is 1. The van der Waals surface area contributed by atoms with Gasteiger partial charge >= 0.3 is 0 Å². The van der Waals surface area contributed by atoms with Crippen molar-refractivity contribution in [2.75, 3.05) is 18.8 Å². The highest BCUT2D eigenvalue weighted by Crippen LogP contribution is 2.12. The molecule has 5 nitrogen and oxygen atoms in total. The zero-order chi connectivity index (χ0) is 9.90. The minimum absolute atomic E-state index is 0.468. The molecule has 1 amide bonds. The SMILES string of the molecule is NC(=O)CS(=O)(=O)N1CC[CH]CC1. The predicted molar refractivity (Wildman–Crippen MR) is 48.1 cm³/mol. The van der Waals surface area contributed by atoms with Crippen LogP contribution in [0.15, 0.2) is 0 Å². The molecule has 1 aliphatic heterocycles. The molecular weight excluding hydrogens is 192 g/mol. The van der Waals surface area contributed by atoms with Gasteiger partial charge in [0.05, 0.1) is 0 Å². The van der Waals surface area contributed by atoms with Crippen molar-refractivity contribution in [1.29, 1.82) is 0 Å². The minimum atomic E-state index is -3.44. The van der Waals surface area contributed by atoms with Crippen molar-refractivity contribution < 1.29 is 13.2 Å². The first kappa shape index (κ1) is 10.5. The first-order valence-corrected chi connectivity index (χ1v) is 5.71. The standard InChI is InChI=1S/C7H13N2O3S/c8-7(10)6-13(11,12)9-4-2-1-3-5-9/h1H,2-6H2,(H2,8,10). The van der Waals surface area contributed by atoms with Gasteiger partial charge in [-0.3, -0.25) is 4.79 Å². The smallest absolute Gasteiger partial charge is 0.234 e. The zero-order valence-electron chi connectivity index (χ0n) is 7.27. The Labute approximate surface area is 77.9 Å². The van der Waals surface area contributed by atoms with Crippen molar-refractivity contribution >= 4 is 15.9 Å². The Balaban J connectivity index is 2.62. The number of carbonyl (C=O) groups is 1. The Kier molecular flexibility index (Phi) is 3.27. The highest BCUT2D eigenvalue weighted by Gasteiger charge is 2.25. The lowest BCUT2D eigenvalue weighted by molar-refractivity contribution is -0.115. The second-order valence-electron chi connectivity index (χ2n) is 2.99. The van der Waals surface area contributed by atoms with Crippen LogP contribution in [0, 0.1) is 6.42 Å². The van der Waals surface area contributed by atoms with E-state index in [-0.39, 0.29) is 0 Å². The van der Waals surface area contributed by atoms with Crippen molar-refractivity contribution in [3.05, 3.63) is 6.42 Å². The summed E-state index contributed by atoms with van der Waals surface area (Å²) >= 11 is 0. The van der Waals surface area contributed by atoms with Gasteiger partial charge in [0, 0.05) is 13.1 Å². The van der Waals surface area contributed by atoms with Crippen LogP contribution < -0.4 is 5.73 Å². The molecule has 0 aliphatic carbocycles. The molecule has 1 radical (unpaired) electrons. The summed E-state index contributed by atoms with van der Waals surface area (Å²) < 4.78 is 24.1. The molecule has 0 atom stereocenters. The third kappa shape index (κ3) is 2.96. The first-order chi connectivity index (χ1) is 6.02. The molecule has 1 aliphatic rings. The molecule has 1 rings (SSSR count). The quantitative estimate of drug-likeness (QED) is 0.648. The van der Waals surface area contributed by atoms with Gasteiger partial charge in [0.2, 0.25) is 15.9 Å². The Morgan fingerprint density at radius 3 is 2.38 bits per heavy atom. The molecule has 1 saturated heterocycles. The molecule has 2 N–H and O–H groups in total. The molecule has 0 aromatic rings. The summed E-state index contributed by atoms with van der Waals surface area (Å²) in [5, 5.41) is 0. The van der Waals surface area contributed by atoms with E-state index >= 15 is 0 Å². The molecule has 0 aromatic carbocycles. The maximum atomic E-state index is 11.4. The molecule has 6 heteroatoms. The van der Waals surface area contributed by atoms with Gasteiger partial charge in [0.25, 0.3) is 0 Å². The number of hydrogen-bond donors (Lipinski definition) is 1. The van der Waals surface area contributed by atoms with Crippen LogP contribution >= 0.6 is 0 Å². The van der Waals surface area contributed by atoms with Crippen LogP contribution in [0.1, 0.15) is 12.8 Å². The van der Waals surface area contributed by atoms with Crippen LogP contribution in [0.25, 0.3) is 0 Å². The highest BCUT2D eigenvalue weighted by atomic mass is 32.2. The summed E-state index contributed by atoms with van der Waals surface area (Å²) in [5.74, 6) is -1.37. The fraction of sp³-hybridized carbons (Fsp3) is 0.714. The summed E-state index contributed by atoms with van der Waals surface area (Å²) in [6.07, 6.45) is 3.53. The van der Waals surface area contributed by atoms with Crippen LogP contribution in [-0.2, 0) is 14.8 Å². The van der Waals surface area contributed by atoms with Crippen LogP contribution in [0.4, 0.5) is 0 Å². The van der Waals surface area contributed by atoms with E-state index in [1.807, 2.05) is 6.42 Å². The summed E-state index contributed by atoms with van der Waals surface area (Å²) in [7, 11) is -3.44. The van der Waals surface area contributed by atoms with E-state index in [2.05, 4.69) is 0 Å². The van der Waals surface area contributed by atoms with Crippen LogP contribution in [0.3, 0.4) is 0 Å². The summed E-state index contributed by atoms with van der Waals surface area (Å²) in [5.41, 5.74) is 4.83. The Morgan fingerprint density at radius 2 is 1.92 bits per heavy atom. The maximum Gasteiger partial charge on any atom is 0.234 e. The number of piperidine rings is 1. The normalized spacial score (nSPS) is 20.0. The van der Waals surface area contributed by atoms with Crippen molar-refractivity contribution in [3.63, 3.8) is 0 Å². The Morgan fingerprint density at radius 1 is 1.38 bits per heavy atom. The average molecular weight is 205 g/mol. The van der Waals surface area contributed by atoms with Gasteiger partial charge in [-0.05, 0) is 19.3 Å². The molecule has 0 spiro atoms. The van der Waals surface area contributed by atoms with Gasteiger partial charge in [-0.25, -0.2) is 12.7 Å². The van der Waals surface area contributed by atoms with E-state index in [9.17, 15) is 13.2 Å². The van der Waals surface area contributed by atoms with Crippen molar-refractivity contribution in [2.24, 2.45) is 5.73 Å². The zero-order valence-corrected chi connectivity index (χ0v) is 8.09. The maximum absolute atomic E-state index is 11.4. The lowest BCUT2D eigenvalue weighted by Crippen LogP contribution is -2.40. The molecule has 0 aromatic heterocycles. The number of amides is 1. The third-order valence-corrected chi connectivity index (χ3v) is 3.68. The predicted octanol–water partition coefficient (Wildman–Crippen LogP) is -0.898. The van der Waals surface area contributed by atoms with Gasteiger partial charge in [-0.2, -0.15) is 0 Å². The Hall–Kier alpha value is -0.620. The van der Waals surface area contributed by atoms with Crippen LogP contribution in [-0.4, -0.2) is 37.5 Å². The topological polar surface area (TPSA) is 80.5 Å². The number of primary amides is 1. The van der Waals surface area contributed by atoms with Crippen LogP contribution in [0.5, 0.6) is 0 Å². The van der Waals surface area contributed by atoms with Gasteiger partial charge < -0.3 is 5.73 Å². The van der Waals surface area contributed by atoms with E-state index in [4.69, 9.17) is 5.73 Å². The van der Waals surface area contributed by atoms with Crippen molar-refractivity contribution in [1.82, 2.24) is 4.31 Å². The number of sulfonamides is 1. The number of carbonyl (C=O) groups excluding carboxylic acids is 1. The van der Waals surface area contributed by atoms with E-state index < -0.39 is 21.7 Å². The van der Waals surface area contributed by atoms with E-state index in [1.165, 1.54) is 4.31 Å². The van der Waals surface area contributed by atoms with Crippen LogP contribution in [0.2, 0.25) is 0 Å². The molecule has 0 unspecified atom stereocenters. The first-order valence-electron chi connectivity index (χ1n) is 4.10. The van der Waals surface area contributed by atoms with E-state index in [0.29, 0.717) is 13.1 Å². The molecule has 1 fully saturated rings. The molecule has 0 bridgehead atoms. The largest absolute Gasteiger partial charge is 0.369 e. The van der Waals surface area contributed by atoms with Crippen molar-refractivity contribution in [2.45, 2.75) is 12.8 Å². The van der Waals surface area contributed by atoms with Crippen molar-refractivity contribution in [3.8, 4) is 0 Å². The molecule has 0 saturated carbocycles. The van der Waals surface area contributed by atoms with E-state index in [1.54, 1.807) is 0 Å². The fourth-order valence-electron chi connectivity index (χ4n) is 1.28. The Bertz CT molecular complexity index is 280. The fourth-order valence-corrected chi connectivity index (χ4v) is 2.59.